The van der Waals surface area contributed by atoms with E-state index in [9.17, 15) is 8.42 Å². The number of hydrogen-bond acceptors (Lipinski definition) is 4. The SMILES string of the molecule is CNCc1ccc(CS(=O)(=O)NCc2ccccn2)cc1. The number of aromatic nitrogens is 1. The van der Waals surface area contributed by atoms with Crippen molar-refractivity contribution in [1.29, 1.82) is 0 Å². The molecule has 0 bridgehead atoms. The summed E-state index contributed by atoms with van der Waals surface area (Å²) < 4.78 is 26.6. The van der Waals surface area contributed by atoms with Crippen molar-refractivity contribution in [2.75, 3.05) is 7.05 Å². The van der Waals surface area contributed by atoms with Gasteiger partial charge in [0.15, 0.2) is 0 Å². The Morgan fingerprint density at radius 1 is 1.00 bits per heavy atom. The van der Waals surface area contributed by atoms with Crippen molar-refractivity contribution in [3.63, 3.8) is 0 Å². The molecule has 0 aliphatic carbocycles. The standard InChI is InChI=1S/C15H19N3O2S/c1-16-10-13-5-7-14(8-6-13)12-21(19,20)18-11-15-4-2-3-9-17-15/h2-9,16,18H,10-12H2,1H3. The third-order valence-electron chi connectivity index (χ3n) is 2.96. The highest BCUT2D eigenvalue weighted by atomic mass is 32.2. The van der Waals surface area contributed by atoms with E-state index in [4.69, 9.17) is 0 Å². The van der Waals surface area contributed by atoms with Crippen LogP contribution in [0.25, 0.3) is 0 Å². The minimum Gasteiger partial charge on any atom is -0.316 e. The molecule has 112 valence electrons. The molecule has 0 aliphatic heterocycles. The fraction of sp³-hybridized carbons (Fsp3) is 0.267. The van der Waals surface area contributed by atoms with Crippen LogP contribution < -0.4 is 10.0 Å². The lowest BCUT2D eigenvalue weighted by Gasteiger charge is -2.07. The molecule has 0 spiro atoms. The van der Waals surface area contributed by atoms with Gasteiger partial charge in [-0.25, -0.2) is 13.1 Å². The van der Waals surface area contributed by atoms with Crippen LogP contribution in [0.1, 0.15) is 16.8 Å². The Bertz CT molecular complexity index is 655. The highest BCUT2D eigenvalue weighted by molar-refractivity contribution is 7.88. The van der Waals surface area contributed by atoms with Gasteiger partial charge in [0.05, 0.1) is 18.0 Å². The minimum absolute atomic E-state index is 0.0281. The molecule has 0 saturated carbocycles. The highest BCUT2D eigenvalue weighted by Crippen LogP contribution is 2.08. The van der Waals surface area contributed by atoms with E-state index in [0.29, 0.717) is 5.69 Å². The second kappa shape index (κ2) is 7.31. The van der Waals surface area contributed by atoms with Gasteiger partial charge in [-0.05, 0) is 30.3 Å². The lowest BCUT2D eigenvalue weighted by molar-refractivity contribution is 0.579. The molecular weight excluding hydrogens is 286 g/mol. The van der Waals surface area contributed by atoms with Crippen LogP contribution in [-0.4, -0.2) is 20.4 Å². The number of nitrogens with zero attached hydrogens (tertiary/aromatic N) is 1. The Labute approximate surface area is 125 Å². The van der Waals surface area contributed by atoms with Crippen LogP contribution >= 0.6 is 0 Å². The molecule has 0 aliphatic rings. The van der Waals surface area contributed by atoms with Gasteiger partial charge in [-0.15, -0.1) is 0 Å². The molecule has 21 heavy (non-hydrogen) atoms. The molecule has 2 rings (SSSR count). The van der Waals surface area contributed by atoms with E-state index < -0.39 is 10.0 Å². The molecule has 2 N–H and O–H groups in total. The Balaban J connectivity index is 1.94. The fourth-order valence-corrected chi connectivity index (χ4v) is 3.02. The summed E-state index contributed by atoms with van der Waals surface area (Å²) >= 11 is 0. The number of pyridine rings is 1. The molecular formula is C15H19N3O2S. The molecule has 1 aromatic heterocycles. The van der Waals surface area contributed by atoms with Gasteiger partial charge in [-0.1, -0.05) is 30.3 Å². The second-order valence-corrected chi connectivity index (χ2v) is 6.55. The Kier molecular flexibility index (Phi) is 5.44. The van der Waals surface area contributed by atoms with Crippen LogP contribution in [0.5, 0.6) is 0 Å². The highest BCUT2D eigenvalue weighted by Gasteiger charge is 2.11. The van der Waals surface area contributed by atoms with Gasteiger partial charge in [0.2, 0.25) is 10.0 Å². The maximum absolute atomic E-state index is 12.0. The Hall–Kier alpha value is -1.76. The lowest BCUT2D eigenvalue weighted by atomic mass is 10.1. The number of rotatable bonds is 7. The molecule has 1 aromatic carbocycles. The summed E-state index contributed by atoms with van der Waals surface area (Å²) in [5.41, 5.74) is 2.59. The normalized spacial score (nSPS) is 11.5. The first-order valence-corrected chi connectivity index (χ1v) is 8.34. The van der Waals surface area contributed by atoms with Crippen LogP contribution in [0.2, 0.25) is 0 Å². The third kappa shape index (κ3) is 5.26. The van der Waals surface area contributed by atoms with Gasteiger partial charge < -0.3 is 5.32 Å². The van der Waals surface area contributed by atoms with Crippen molar-refractivity contribution in [1.82, 2.24) is 15.0 Å². The van der Waals surface area contributed by atoms with E-state index >= 15 is 0 Å². The zero-order valence-corrected chi connectivity index (χ0v) is 12.7. The van der Waals surface area contributed by atoms with Crippen molar-refractivity contribution < 1.29 is 8.42 Å². The first-order valence-electron chi connectivity index (χ1n) is 6.69. The Morgan fingerprint density at radius 3 is 2.33 bits per heavy atom. The van der Waals surface area contributed by atoms with Crippen molar-refractivity contribution in [2.24, 2.45) is 0 Å². The van der Waals surface area contributed by atoms with Crippen molar-refractivity contribution in [3.8, 4) is 0 Å². The van der Waals surface area contributed by atoms with Crippen LogP contribution in [0.3, 0.4) is 0 Å². The zero-order chi connectivity index (χ0) is 15.1. The largest absolute Gasteiger partial charge is 0.316 e. The van der Waals surface area contributed by atoms with Crippen molar-refractivity contribution >= 4 is 10.0 Å². The third-order valence-corrected chi connectivity index (χ3v) is 4.26. The fourth-order valence-electron chi connectivity index (χ4n) is 1.91. The van der Waals surface area contributed by atoms with E-state index in [2.05, 4.69) is 15.0 Å². The summed E-state index contributed by atoms with van der Waals surface area (Å²) in [6.45, 7) is 0.978. The summed E-state index contributed by atoms with van der Waals surface area (Å²) in [5, 5.41) is 3.05. The summed E-state index contributed by atoms with van der Waals surface area (Å²) in [6, 6.07) is 13.0. The Morgan fingerprint density at radius 2 is 1.71 bits per heavy atom. The molecule has 1 heterocycles. The molecule has 0 radical (unpaired) electrons. The molecule has 0 saturated heterocycles. The summed E-state index contributed by atoms with van der Waals surface area (Å²) in [6.07, 6.45) is 1.64. The van der Waals surface area contributed by atoms with Gasteiger partial charge in [-0.3, -0.25) is 4.98 Å². The van der Waals surface area contributed by atoms with Gasteiger partial charge in [0, 0.05) is 12.7 Å². The van der Waals surface area contributed by atoms with E-state index in [-0.39, 0.29) is 12.3 Å². The molecule has 5 nitrogen and oxygen atoms in total. The summed E-state index contributed by atoms with van der Waals surface area (Å²) in [5.74, 6) is -0.0281. The predicted octanol–water partition coefficient (Wildman–Crippen LogP) is 1.42. The number of benzene rings is 1. The molecule has 6 heteroatoms. The van der Waals surface area contributed by atoms with Crippen LogP contribution in [0, 0.1) is 0 Å². The van der Waals surface area contributed by atoms with Gasteiger partial charge >= 0.3 is 0 Å². The van der Waals surface area contributed by atoms with Gasteiger partial charge in [-0.2, -0.15) is 0 Å². The topological polar surface area (TPSA) is 71.1 Å². The summed E-state index contributed by atoms with van der Waals surface area (Å²) in [7, 11) is -1.49. The maximum atomic E-state index is 12.0. The van der Waals surface area contributed by atoms with E-state index in [1.54, 1.807) is 18.3 Å². The molecule has 0 unspecified atom stereocenters. The van der Waals surface area contributed by atoms with Crippen LogP contribution in [-0.2, 0) is 28.9 Å². The van der Waals surface area contributed by atoms with Crippen LogP contribution in [0.15, 0.2) is 48.7 Å². The minimum atomic E-state index is -3.36. The molecule has 0 atom stereocenters. The molecule has 0 fully saturated rings. The maximum Gasteiger partial charge on any atom is 0.216 e. The van der Waals surface area contributed by atoms with E-state index in [0.717, 1.165) is 17.7 Å². The lowest BCUT2D eigenvalue weighted by Crippen LogP contribution is -2.25. The van der Waals surface area contributed by atoms with Gasteiger partial charge in [0.25, 0.3) is 0 Å². The number of hydrogen-bond donors (Lipinski definition) is 2. The number of sulfonamides is 1. The first-order chi connectivity index (χ1) is 10.1. The van der Waals surface area contributed by atoms with Crippen molar-refractivity contribution in [2.45, 2.75) is 18.8 Å². The van der Waals surface area contributed by atoms with Crippen LogP contribution in [0.4, 0.5) is 0 Å². The van der Waals surface area contributed by atoms with Gasteiger partial charge in [0.1, 0.15) is 0 Å². The average Bonchev–Trinajstić information content (AvgIpc) is 2.48. The van der Waals surface area contributed by atoms with E-state index in [1.807, 2.05) is 37.4 Å². The molecule has 2 aromatic rings. The average molecular weight is 305 g/mol. The van der Waals surface area contributed by atoms with Crippen molar-refractivity contribution in [3.05, 3.63) is 65.5 Å². The summed E-state index contributed by atoms with van der Waals surface area (Å²) in [4.78, 5) is 4.09. The predicted molar refractivity (Wildman–Crippen MR) is 82.9 cm³/mol. The monoisotopic (exact) mass is 305 g/mol. The zero-order valence-electron chi connectivity index (χ0n) is 11.9. The smallest absolute Gasteiger partial charge is 0.216 e. The second-order valence-electron chi connectivity index (χ2n) is 4.75. The number of nitrogens with one attached hydrogen (secondary N) is 2. The quantitative estimate of drug-likeness (QED) is 0.811. The molecule has 0 amide bonds. The van der Waals surface area contributed by atoms with E-state index in [1.165, 1.54) is 0 Å². The first kappa shape index (κ1) is 15.6.